The van der Waals surface area contributed by atoms with Crippen molar-refractivity contribution in [1.29, 1.82) is 0 Å². The molecule has 24 heavy (non-hydrogen) atoms. The summed E-state index contributed by atoms with van der Waals surface area (Å²) in [5.41, 5.74) is 2.43. The second-order valence-electron chi connectivity index (χ2n) is 5.66. The van der Waals surface area contributed by atoms with E-state index < -0.39 is 0 Å². The van der Waals surface area contributed by atoms with Gasteiger partial charge in [0.25, 0.3) is 5.91 Å². The van der Waals surface area contributed by atoms with Crippen LogP contribution in [0.15, 0.2) is 55.1 Å². The molecule has 1 N–H and O–H groups in total. The Hall–Kier alpha value is -2.75. The molecule has 0 aromatic heterocycles. The topological polar surface area (TPSA) is 47.6 Å². The molecule has 0 heterocycles. The van der Waals surface area contributed by atoms with Crippen molar-refractivity contribution in [3.8, 4) is 11.5 Å². The van der Waals surface area contributed by atoms with E-state index in [1.165, 1.54) is 0 Å². The predicted molar refractivity (Wildman–Crippen MR) is 97.2 cm³/mol. The van der Waals surface area contributed by atoms with Gasteiger partial charge in [-0.1, -0.05) is 44.7 Å². The molecule has 2 rings (SSSR count). The van der Waals surface area contributed by atoms with Gasteiger partial charge >= 0.3 is 0 Å². The monoisotopic (exact) mass is 325 g/mol. The van der Waals surface area contributed by atoms with E-state index in [0.717, 1.165) is 11.3 Å². The highest BCUT2D eigenvalue weighted by Gasteiger charge is 2.13. The minimum absolute atomic E-state index is 0.184. The highest BCUT2D eigenvalue weighted by molar-refractivity contribution is 6.05. The molecule has 0 aliphatic carbocycles. The van der Waals surface area contributed by atoms with E-state index in [0.29, 0.717) is 29.6 Å². The molecular formula is C20H23NO3. The van der Waals surface area contributed by atoms with Gasteiger partial charge in [0.2, 0.25) is 0 Å². The summed E-state index contributed by atoms with van der Waals surface area (Å²) in [5, 5.41) is 2.97. The zero-order valence-corrected chi connectivity index (χ0v) is 14.3. The van der Waals surface area contributed by atoms with Crippen LogP contribution < -0.4 is 14.8 Å². The Labute approximate surface area is 143 Å². The van der Waals surface area contributed by atoms with Gasteiger partial charge in [0.15, 0.2) is 11.5 Å². The van der Waals surface area contributed by atoms with Crippen molar-refractivity contribution in [2.24, 2.45) is 0 Å². The number of hydrogen-bond donors (Lipinski definition) is 1. The van der Waals surface area contributed by atoms with Gasteiger partial charge in [0.05, 0.1) is 7.11 Å². The fraction of sp³-hybridized carbons (Fsp3) is 0.250. The van der Waals surface area contributed by atoms with Crippen molar-refractivity contribution in [2.75, 3.05) is 19.0 Å². The summed E-state index contributed by atoms with van der Waals surface area (Å²) >= 11 is 0. The summed E-state index contributed by atoms with van der Waals surface area (Å²) in [6.45, 7) is 8.19. The van der Waals surface area contributed by atoms with Gasteiger partial charge in [-0.25, -0.2) is 0 Å². The van der Waals surface area contributed by atoms with Crippen molar-refractivity contribution < 1.29 is 14.3 Å². The lowest BCUT2D eigenvalue weighted by Crippen LogP contribution is -2.14. The van der Waals surface area contributed by atoms with E-state index in [1.54, 1.807) is 31.4 Å². The maximum Gasteiger partial charge on any atom is 0.255 e. The molecule has 0 saturated carbocycles. The third-order valence-corrected chi connectivity index (χ3v) is 3.61. The lowest BCUT2D eigenvalue weighted by molar-refractivity contribution is 0.102. The van der Waals surface area contributed by atoms with Crippen LogP contribution in [0.4, 0.5) is 5.69 Å². The normalized spacial score (nSPS) is 10.3. The Morgan fingerprint density at radius 2 is 1.96 bits per heavy atom. The first-order chi connectivity index (χ1) is 11.6. The van der Waals surface area contributed by atoms with Crippen LogP contribution in [-0.4, -0.2) is 19.6 Å². The number of ether oxygens (including phenoxy) is 2. The molecule has 0 bridgehead atoms. The van der Waals surface area contributed by atoms with Gasteiger partial charge in [-0.05, 0) is 35.7 Å². The molecule has 0 radical (unpaired) electrons. The number of nitrogens with one attached hydrogen (secondary N) is 1. The van der Waals surface area contributed by atoms with Gasteiger partial charge in [-0.2, -0.15) is 0 Å². The number of carbonyl (C=O) groups excluding carboxylic acids is 1. The molecule has 0 fully saturated rings. The fourth-order valence-electron chi connectivity index (χ4n) is 2.39. The second kappa shape index (κ2) is 8.20. The zero-order valence-electron chi connectivity index (χ0n) is 14.3. The van der Waals surface area contributed by atoms with Gasteiger partial charge in [0.1, 0.15) is 6.61 Å². The minimum Gasteiger partial charge on any atom is -0.493 e. The van der Waals surface area contributed by atoms with Crippen LogP contribution in [0.5, 0.6) is 11.5 Å². The summed E-state index contributed by atoms with van der Waals surface area (Å²) < 4.78 is 10.8. The molecule has 0 spiro atoms. The number of benzene rings is 2. The maximum atomic E-state index is 12.6. The number of anilines is 1. The average molecular weight is 325 g/mol. The molecule has 0 aliphatic rings. The Bertz CT molecular complexity index is 723. The summed E-state index contributed by atoms with van der Waals surface area (Å²) in [6.07, 6.45) is 1.66. The first-order valence-electron chi connectivity index (χ1n) is 7.88. The van der Waals surface area contributed by atoms with Crippen LogP contribution in [-0.2, 0) is 0 Å². The van der Waals surface area contributed by atoms with Crippen LogP contribution in [0.3, 0.4) is 0 Å². The molecule has 0 atom stereocenters. The Morgan fingerprint density at radius 1 is 1.21 bits per heavy atom. The SMILES string of the molecule is C=CCOc1ccc(C(=O)Nc2ccccc2C(C)C)cc1OC. The summed E-state index contributed by atoms with van der Waals surface area (Å²) in [6, 6.07) is 12.9. The van der Waals surface area contributed by atoms with E-state index in [2.05, 4.69) is 25.7 Å². The fourth-order valence-corrected chi connectivity index (χ4v) is 2.39. The van der Waals surface area contributed by atoms with E-state index >= 15 is 0 Å². The smallest absolute Gasteiger partial charge is 0.255 e. The van der Waals surface area contributed by atoms with E-state index in [9.17, 15) is 4.79 Å². The molecule has 2 aromatic carbocycles. The third-order valence-electron chi connectivity index (χ3n) is 3.61. The first kappa shape index (κ1) is 17.6. The number of rotatable bonds is 7. The van der Waals surface area contributed by atoms with Gasteiger partial charge in [-0.3, -0.25) is 4.79 Å². The second-order valence-corrected chi connectivity index (χ2v) is 5.66. The van der Waals surface area contributed by atoms with Crippen molar-refractivity contribution in [3.63, 3.8) is 0 Å². The van der Waals surface area contributed by atoms with E-state index in [-0.39, 0.29) is 5.91 Å². The number of hydrogen-bond acceptors (Lipinski definition) is 3. The zero-order chi connectivity index (χ0) is 17.5. The summed E-state index contributed by atoms with van der Waals surface area (Å²) in [5.74, 6) is 1.24. The predicted octanol–water partition coefficient (Wildman–Crippen LogP) is 4.64. The van der Waals surface area contributed by atoms with Crippen molar-refractivity contribution in [3.05, 3.63) is 66.2 Å². The third kappa shape index (κ3) is 4.16. The van der Waals surface area contributed by atoms with Crippen molar-refractivity contribution in [1.82, 2.24) is 0 Å². The standard InChI is InChI=1S/C20H23NO3/c1-5-12-24-18-11-10-15(13-19(18)23-4)20(22)21-17-9-7-6-8-16(17)14(2)3/h5-11,13-14H,1,12H2,2-4H3,(H,21,22). The van der Waals surface area contributed by atoms with Crippen LogP contribution in [0, 0.1) is 0 Å². The summed E-state index contributed by atoms with van der Waals surface area (Å²) in [4.78, 5) is 12.6. The van der Waals surface area contributed by atoms with Gasteiger partial charge in [0, 0.05) is 11.3 Å². The first-order valence-corrected chi connectivity index (χ1v) is 7.88. The van der Waals surface area contributed by atoms with Gasteiger partial charge < -0.3 is 14.8 Å². The van der Waals surface area contributed by atoms with Crippen LogP contribution in [0.25, 0.3) is 0 Å². The molecular weight excluding hydrogens is 302 g/mol. The number of methoxy groups -OCH3 is 1. The maximum absolute atomic E-state index is 12.6. The molecule has 4 nitrogen and oxygen atoms in total. The molecule has 4 heteroatoms. The highest BCUT2D eigenvalue weighted by Crippen LogP contribution is 2.29. The largest absolute Gasteiger partial charge is 0.493 e. The molecule has 2 aromatic rings. The lowest BCUT2D eigenvalue weighted by atomic mass is 10.0. The van der Waals surface area contributed by atoms with Crippen molar-refractivity contribution >= 4 is 11.6 Å². The minimum atomic E-state index is -0.184. The van der Waals surface area contributed by atoms with Gasteiger partial charge in [-0.15, -0.1) is 0 Å². The Morgan fingerprint density at radius 3 is 2.62 bits per heavy atom. The lowest BCUT2D eigenvalue weighted by Gasteiger charge is -2.14. The number of carbonyl (C=O) groups is 1. The number of amides is 1. The van der Waals surface area contributed by atoms with Crippen LogP contribution >= 0.6 is 0 Å². The molecule has 126 valence electrons. The van der Waals surface area contributed by atoms with Crippen molar-refractivity contribution in [2.45, 2.75) is 19.8 Å². The van der Waals surface area contributed by atoms with E-state index in [4.69, 9.17) is 9.47 Å². The molecule has 1 amide bonds. The highest BCUT2D eigenvalue weighted by atomic mass is 16.5. The summed E-state index contributed by atoms with van der Waals surface area (Å²) in [7, 11) is 1.55. The van der Waals surface area contributed by atoms with Crippen LogP contribution in [0.1, 0.15) is 35.7 Å². The Balaban J connectivity index is 2.23. The van der Waals surface area contributed by atoms with E-state index in [1.807, 2.05) is 24.3 Å². The van der Waals surface area contributed by atoms with Crippen LogP contribution in [0.2, 0.25) is 0 Å². The number of para-hydroxylation sites is 1. The molecule has 0 unspecified atom stereocenters. The quantitative estimate of drug-likeness (QED) is 0.755. The average Bonchev–Trinajstić information content (AvgIpc) is 2.60. The molecule has 0 aliphatic heterocycles. The molecule has 0 saturated heterocycles. The Kier molecular flexibility index (Phi) is 6.01.